The zero-order valence-electron chi connectivity index (χ0n) is 12.4. The Hall–Kier alpha value is -0.120. The number of hydrogen-bond donors (Lipinski definition) is 1. The number of likely N-dealkylation sites (N-methyl/N-ethyl adjacent to an activating group) is 1. The number of aliphatic hydroxyl groups excluding tert-OH is 1. The van der Waals surface area contributed by atoms with E-state index in [1.807, 2.05) is 0 Å². The van der Waals surface area contributed by atoms with Gasteiger partial charge in [-0.05, 0) is 32.7 Å². The van der Waals surface area contributed by atoms with E-state index in [-0.39, 0.29) is 5.41 Å². The fraction of sp³-hybridized carbons (Fsp3) is 1.00. The van der Waals surface area contributed by atoms with E-state index in [1.54, 1.807) is 0 Å². The first-order valence-electron chi connectivity index (χ1n) is 7.58. The molecule has 0 aromatic rings. The second kappa shape index (κ2) is 5.89. The first-order valence-corrected chi connectivity index (χ1v) is 7.58. The van der Waals surface area contributed by atoms with Crippen molar-refractivity contribution in [2.45, 2.75) is 45.6 Å². The highest BCUT2D eigenvalue weighted by atomic mass is 16.3. The van der Waals surface area contributed by atoms with Crippen LogP contribution in [0.25, 0.3) is 0 Å². The first kappa shape index (κ1) is 14.3. The molecule has 1 aliphatic carbocycles. The minimum Gasteiger partial charge on any atom is -0.396 e. The molecule has 1 heterocycles. The van der Waals surface area contributed by atoms with Gasteiger partial charge in [-0.3, -0.25) is 4.90 Å². The number of piperazine rings is 1. The third-order valence-electron chi connectivity index (χ3n) is 5.12. The SMILES string of the molecule is CC1CCCC(CO)(CN2CCN(C)C(C)C2)C1. The molecule has 3 unspecified atom stereocenters. The van der Waals surface area contributed by atoms with Crippen molar-refractivity contribution in [3.8, 4) is 0 Å². The lowest BCUT2D eigenvalue weighted by Gasteiger charge is -2.45. The predicted molar refractivity (Wildman–Crippen MR) is 75.7 cm³/mol. The number of rotatable bonds is 3. The summed E-state index contributed by atoms with van der Waals surface area (Å²) in [5.41, 5.74) is 0.188. The van der Waals surface area contributed by atoms with Gasteiger partial charge in [0.15, 0.2) is 0 Å². The van der Waals surface area contributed by atoms with Gasteiger partial charge in [-0.15, -0.1) is 0 Å². The van der Waals surface area contributed by atoms with Crippen LogP contribution in [0.5, 0.6) is 0 Å². The van der Waals surface area contributed by atoms with E-state index in [9.17, 15) is 5.11 Å². The lowest BCUT2D eigenvalue weighted by atomic mass is 9.70. The monoisotopic (exact) mass is 254 g/mol. The van der Waals surface area contributed by atoms with E-state index in [1.165, 1.54) is 25.7 Å². The van der Waals surface area contributed by atoms with Crippen LogP contribution in [0, 0.1) is 11.3 Å². The third kappa shape index (κ3) is 3.25. The molecular weight excluding hydrogens is 224 g/mol. The van der Waals surface area contributed by atoms with Crippen LogP contribution in [0.15, 0.2) is 0 Å². The molecule has 18 heavy (non-hydrogen) atoms. The summed E-state index contributed by atoms with van der Waals surface area (Å²) in [6.45, 7) is 9.61. The predicted octanol–water partition coefficient (Wildman–Crippen LogP) is 1.81. The molecule has 0 bridgehead atoms. The Kier molecular flexibility index (Phi) is 4.68. The minimum absolute atomic E-state index is 0.188. The van der Waals surface area contributed by atoms with Gasteiger partial charge in [0.2, 0.25) is 0 Å². The Morgan fingerprint density at radius 2 is 2.06 bits per heavy atom. The van der Waals surface area contributed by atoms with E-state index >= 15 is 0 Å². The summed E-state index contributed by atoms with van der Waals surface area (Å²) in [4.78, 5) is 5.02. The zero-order chi connectivity index (χ0) is 13.2. The molecule has 1 saturated carbocycles. The standard InChI is InChI=1S/C15H30N2O/c1-13-5-4-6-15(9-13,12-18)11-17-8-7-16(3)14(2)10-17/h13-14,18H,4-12H2,1-3H3. The Balaban J connectivity index is 1.93. The molecule has 2 aliphatic rings. The Labute approximate surface area is 112 Å². The third-order valence-corrected chi connectivity index (χ3v) is 5.12. The molecule has 0 spiro atoms. The second-order valence-corrected chi connectivity index (χ2v) is 6.92. The first-order chi connectivity index (χ1) is 8.54. The summed E-state index contributed by atoms with van der Waals surface area (Å²) in [6.07, 6.45) is 5.07. The van der Waals surface area contributed by atoms with Gasteiger partial charge in [0.05, 0.1) is 0 Å². The average molecular weight is 254 g/mol. The molecule has 0 amide bonds. The quantitative estimate of drug-likeness (QED) is 0.832. The topological polar surface area (TPSA) is 26.7 Å². The summed E-state index contributed by atoms with van der Waals surface area (Å²) in [6, 6.07) is 0.649. The van der Waals surface area contributed by atoms with Gasteiger partial charge in [0, 0.05) is 44.2 Å². The maximum absolute atomic E-state index is 9.87. The normalized spacial score (nSPS) is 40.0. The van der Waals surface area contributed by atoms with Gasteiger partial charge in [-0.2, -0.15) is 0 Å². The summed E-state index contributed by atoms with van der Waals surface area (Å²) in [5.74, 6) is 0.788. The van der Waals surface area contributed by atoms with E-state index < -0.39 is 0 Å². The molecule has 3 heteroatoms. The molecule has 3 atom stereocenters. The largest absolute Gasteiger partial charge is 0.396 e. The van der Waals surface area contributed by atoms with Crippen LogP contribution in [0.4, 0.5) is 0 Å². The van der Waals surface area contributed by atoms with Gasteiger partial charge >= 0.3 is 0 Å². The maximum atomic E-state index is 9.87. The highest BCUT2D eigenvalue weighted by Gasteiger charge is 2.37. The summed E-state index contributed by atoms with van der Waals surface area (Å²) < 4.78 is 0. The minimum atomic E-state index is 0.188. The van der Waals surface area contributed by atoms with E-state index in [0.29, 0.717) is 12.6 Å². The van der Waals surface area contributed by atoms with Crippen molar-refractivity contribution < 1.29 is 5.11 Å². The molecule has 0 aromatic heterocycles. The highest BCUT2D eigenvalue weighted by Crippen LogP contribution is 2.39. The van der Waals surface area contributed by atoms with Crippen molar-refractivity contribution in [3.05, 3.63) is 0 Å². The molecule has 2 fully saturated rings. The van der Waals surface area contributed by atoms with Crippen LogP contribution in [-0.4, -0.2) is 60.8 Å². The van der Waals surface area contributed by atoms with Crippen molar-refractivity contribution in [1.82, 2.24) is 9.80 Å². The maximum Gasteiger partial charge on any atom is 0.0499 e. The fourth-order valence-corrected chi connectivity index (χ4v) is 3.85. The van der Waals surface area contributed by atoms with Gasteiger partial charge in [0.1, 0.15) is 0 Å². The molecule has 1 N–H and O–H groups in total. The van der Waals surface area contributed by atoms with Gasteiger partial charge in [-0.25, -0.2) is 0 Å². The zero-order valence-corrected chi connectivity index (χ0v) is 12.4. The van der Waals surface area contributed by atoms with Crippen LogP contribution in [0.1, 0.15) is 39.5 Å². The summed E-state index contributed by atoms with van der Waals surface area (Å²) in [7, 11) is 2.21. The van der Waals surface area contributed by atoms with Crippen LogP contribution >= 0.6 is 0 Å². The van der Waals surface area contributed by atoms with Gasteiger partial charge in [0.25, 0.3) is 0 Å². The Morgan fingerprint density at radius 3 is 2.67 bits per heavy atom. The lowest BCUT2D eigenvalue weighted by Crippen LogP contribution is -2.54. The number of hydrogen-bond acceptors (Lipinski definition) is 3. The number of aliphatic hydroxyl groups is 1. The molecule has 1 saturated heterocycles. The fourth-order valence-electron chi connectivity index (χ4n) is 3.85. The molecule has 0 aromatic carbocycles. The molecular formula is C15H30N2O. The summed E-state index contributed by atoms with van der Waals surface area (Å²) in [5, 5.41) is 9.87. The van der Waals surface area contributed by atoms with Gasteiger partial charge < -0.3 is 10.0 Å². The van der Waals surface area contributed by atoms with Crippen molar-refractivity contribution in [1.29, 1.82) is 0 Å². The van der Waals surface area contributed by atoms with Crippen LogP contribution in [0.2, 0.25) is 0 Å². The molecule has 1 aliphatic heterocycles. The molecule has 106 valence electrons. The molecule has 3 nitrogen and oxygen atoms in total. The van der Waals surface area contributed by atoms with Crippen molar-refractivity contribution >= 4 is 0 Å². The van der Waals surface area contributed by atoms with Gasteiger partial charge in [-0.1, -0.05) is 19.8 Å². The molecule has 0 radical (unpaired) electrons. The Bertz CT molecular complexity index is 271. The van der Waals surface area contributed by atoms with Crippen LogP contribution in [-0.2, 0) is 0 Å². The molecule has 2 rings (SSSR count). The lowest BCUT2D eigenvalue weighted by molar-refractivity contribution is 0.00135. The smallest absolute Gasteiger partial charge is 0.0499 e. The summed E-state index contributed by atoms with van der Waals surface area (Å²) >= 11 is 0. The van der Waals surface area contributed by atoms with E-state index in [0.717, 1.165) is 32.1 Å². The Morgan fingerprint density at radius 1 is 1.28 bits per heavy atom. The van der Waals surface area contributed by atoms with Crippen molar-refractivity contribution in [2.24, 2.45) is 11.3 Å². The van der Waals surface area contributed by atoms with E-state index in [4.69, 9.17) is 0 Å². The second-order valence-electron chi connectivity index (χ2n) is 6.92. The highest BCUT2D eigenvalue weighted by molar-refractivity contribution is 4.89. The van der Waals surface area contributed by atoms with Crippen molar-refractivity contribution in [2.75, 3.05) is 39.8 Å². The average Bonchev–Trinajstić information content (AvgIpc) is 2.34. The van der Waals surface area contributed by atoms with E-state index in [2.05, 4.69) is 30.7 Å². The van der Waals surface area contributed by atoms with Crippen LogP contribution < -0.4 is 0 Å². The van der Waals surface area contributed by atoms with Crippen LogP contribution in [0.3, 0.4) is 0 Å². The van der Waals surface area contributed by atoms with Crippen molar-refractivity contribution in [3.63, 3.8) is 0 Å². The number of nitrogens with zero attached hydrogens (tertiary/aromatic N) is 2.